The van der Waals surface area contributed by atoms with Gasteiger partial charge in [-0.2, -0.15) is 0 Å². The summed E-state index contributed by atoms with van der Waals surface area (Å²) in [6.07, 6.45) is 2.72. The molecule has 0 amide bonds. The minimum atomic E-state index is 0.134. The number of rotatable bonds is 3. The zero-order chi connectivity index (χ0) is 10.7. The van der Waals surface area contributed by atoms with Crippen LogP contribution in [0.5, 0.6) is 0 Å². The molecular formula is C12H11ClO2. The molecule has 0 radical (unpaired) electrons. The van der Waals surface area contributed by atoms with Gasteiger partial charge < -0.3 is 4.74 Å². The molecule has 0 unspecified atom stereocenters. The van der Waals surface area contributed by atoms with Gasteiger partial charge in [-0.25, -0.2) is 0 Å². The highest BCUT2D eigenvalue weighted by Gasteiger charge is 2.14. The summed E-state index contributed by atoms with van der Waals surface area (Å²) in [6.45, 7) is 0.627. The van der Waals surface area contributed by atoms with E-state index in [1.54, 1.807) is 18.4 Å². The summed E-state index contributed by atoms with van der Waals surface area (Å²) >= 11 is 5.76. The van der Waals surface area contributed by atoms with Crippen molar-refractivity contribution in [3.05, 3.63) is 46.7 Å². The Balaban J connectivity index is 2.02. The number of Topliss-reactive ketones (excluding diaryl/α,β-unsaturated/α-hetero) is 1. The third kappa shape index (κ3) is 2.60. The maximum atomic E-state index is 11.7. The Morgan fingerprint density at radius 3 is 2.67 bits per heavy atom. The van der Waals surface area contributed by atoms with Crippen LogP contribution in [0.1, 0.15) is 12.0 Å². The van der Waals surface area contributed by atoms with Gasteiger partial charge in [0, 0.05) is 23.4 Å². The fourth-order valence-electron chi connectivity index (χ4n) is 1.49. The number of ketones is 1. The van der Waals surface area contributed by atoms with Crippen molar-refractivity contribution in [2.24, 2.45) is 0 Å². The van der Waals surface area contributed by atoms with E-state index in [2.05, 4.69) is 0 Å². The molecular weight excluding hydrogens is 212 g/mol. The third-order valence-electron chi connectivity index (χ3n) is 2.35. The molecule has 15 heavy (non-hydrogen) atoms. The van der Waals surface area contributed by atoms with Crippen LogP contribution in [0.4, 0.5) is 0 Å². The highest BCUT2D eigenvalue weighted by molar-refractivity contribution is 6.30. The van der Waals surface area contributed by atoms with E-state index in [4.69, 9.17) is 16.3 Å². The van der Waals surface area contributed by atoms with Crippen LogP contribution in [0, 0.1) is 0 Å². The lowest BCUT2D eigenvalue weighted by Gasteiger charge is -2.00. The van der Waals surface area contributed by atoms with Crippen LogP contribution >= 0.6 is 11.6 Å². The van der Waals surface area contributed by atoms with Crippen molar-refractivity contribution in [1.82, 2.24) is 0 Å². The first-order valence-electron chi connectivity index (χ1n) is 4.84. The molecule has 3 heteroatoms. The first-order valence-corrected chi connectivity index (χ1v) is 5.22. The molecule has 0 spiro atoms. The standard InChI is InChI=1S/C12H11ClO2/c13-11-3-1-9(2-4-11)7-12(14)10-5-6-15-8-10/h1-4,8H,5-7H2. The van der Waals surface area contributed by atoms with Crippen LogP contribution in [0.2, 0.25) is 5.02 Å². The lowest BCUT2D eigenvalue weighted by molar-refractivity contribution is -0.115. The summed E-state index contributed by atoms with van der Waals surface area (Å²) in [4.78, 5) is 11.7. The van der Waals surface area contributed by atoms with Crippen LogP contribution in [0.15, 0.2) is 36.1 Å². The van der Waals surface area contributed by atoms with E-state index in [0.717, 1.165) is 17.6 Å². The zero-order valence-electron chi connectivity index (χ0n) is 8.20. The smallest absolute Gasteiger partial charge is 0.166 e. The molecule has 2 nitrogen and oxygen atoms in total. The molecule has 0 N–H and O–H groups in total. The first kappa shape index (κ1) is 10.2. The summed E-state index contributed by atoms with van der Waals surface area (Å²) in [5, 5.41) is 0.689. The van der Waals surface area contributed by atoms with Crippen molar-refractivity contribution in [3.8, 4) is 0 Å². The Hall–Kier alpha value is -1.28. The van der Waals surface area contributed by atoms with E-state index in [0.29, 0.717) is 18.1 Å². The lowest BCUT2D eigenvalue weighted by Crippen LogP contribution is -2.05. The van der Waals surface area contributed by atoms with Gasteiger partial charge in [-0.05, 0) is 17.7 Å². The van der Waals surface area contributed by atoms with Crippen molar-refractivity contribution < 1.29 is 9.53 Å². The van der Waals surface area contributed by atoms with Crippen LogP contribution in [-0.2, 0) is 16.0 Å². The van der Waals surface area contributed by atoms with Crippen LogP contribution in [0.25, 0.3) is 0 Å². The van der Waals surface area contributed by atoms with Crippen LogP contribution in [-0.4, -0.2) is 12.4 Å². The molecule has 1 aromatic rings. The summed E-state index contributed by atoms with van der Waals surface area (Å²) in [5.41, 5.74) is 1.77. The molecule has 2 rings (SSSR count). The number of carbonyl (C=O) groups is 1. The minimum absolute atomic E-state index is 0.134. The van der Waals surface area contributed by atoms with E-state index < -0.39 is 0 Å². The summed E-state index contributed by atoms with van der Waals surface area (Å²) < 4.78 is 5.03. The topological polar surface area (TPSA) is 26.3 Å². The Morgan fingerprint density at radius 1 is 1.33 bits per heavy atom. The normalized spacial score (nSPS) is 14.6. The molecule has 0 aliphatic carbocycles. The molecule has 1 heterocycles. The number of benzene rings is 1. The van der Waals surface area contributed by atoms with Gasteiger partial charge in [-0.15, -0.1) is 0 Å². The molecule has 0 saturated carbocycles. The van der Waals surface area contributed by atoms with Crippen molar-refractivity contribution >= 4 is 17.4 Å². The van der Waals surface area contributed by atoms with Crippen molar-refractivity contribution in [1.29, 1.82) is 0 Å². The minimum Gasteiger partial charge on any atom is -0.500 e. The predicted molar refractivity (Wildman–Crippen MR) is 58.8 cm³/mol. The van der Waals surface area contributed by atoms with E-state index in [-0.39, 0.29) is 5.78 Å². The highest BCUT2D eigenvalue weighted by Crippen LogP contribution is 2.15. The number of carbonyl (C=O) groups excluding carboxylic acids is 1. The first-order chi connectivity index (χ1) is 7.25. The van der Waals surface area contributed by atoms with Gasteiger partial charge in [0.15, 0.2) is 5.78 Å². The Kier molecular flexibility index (Phi) is 3.07. The quantitative estimate of drug-likeness (QED) is 0.786. The lowest BCUT2D eigenvalue weighted by atomic mass is 10.0. The van der Waals surface area contributed by atoms with Gasteiger partial charge >= 0.3 is 0 Å². The Labute approximate surface area is 93.5 Å². The van der Waals surface area contributed by atoms with Crippen LogP contribution in [0.3, 0.4) is 0 Å². The number of ether oxygens (including phenoxy) is 1. The van der Waals surface area contributed by atoms with Gasteiger partial charge in [-0.1, -0.05) is 23.7 Å². The SMILES string of the molecule is O=C(Cc1ccc(Cl)cc1)C1=COCC1. The van der Waals surface area contributed by atoms with Gasteiger partial charge in [0.2, 0.25) is 0 Å². The molecule has 1 aliphatic heterocycles. The highest BCUT2D eigenvalue weighted by atomic mass is 35.5. The van der Waals surface area contributed by atoms with Crippen molar-refractivity contribution in [2.45, 2.75) is 12.8 Å². The maximum absolute atomic E-state index is 11.7. The van der Waals surface area contributed by atoms with Crippen molar-refractivity contribution in [3.63, 3.8) is 0 Å². The molecule has 0 saturated heterocycles. The third-order valence-corrected chi connectivity index (χ3v) is 2.60. The summed E-state index contributed by atoms with van der Waals surface area (Å²) in [5.74, 6) is 0.134. The summed E-state index contributed by atoms with van der Waals surface area (Å²) in [6, 6.07) is 7.33. The van der Waals surface area contributed by atoms with E-state index in [9.17, 15) is 4.79 Å². The molecule has 1 aliphatic rings. The van der Waals surface area contributed by atoms with Gasteiger partial charge in [0.05, 0.1) is 12.9 Å². The van der Waals surface area contributed by atoms with Gasteiger partial charge in [-0.3, -0.25) is 4.79 Å². The fourth-order valence-corrected chi connectivity index (χ4v) is 1.62. The monoisotopic (exact) mass is 222 g/mol. The molecule has 78 valence electrons. The summed E-state index contributed by atoms with van der Waals surface area (Å²) in [7, 11) is 0. The van der Waals surface area contributed by atoms with E-state index >= 15 is 0 Å². The zero-order valence-corrected chi connectivity index (χ0v) is 8.96. The average Bonchev–Trinajstić information content (AvgIpc) is 2.74. The van der Waals surface area contributed by atoms with E-state index in [1.807, 2.05) is 12.1 Å². The van der Waals surface area contributed by atoms with Crippen LogP contribution < -0.4 is 0 Å². The Bertz CT molecular complexity index is 393. The number of halogens is 1. The largest absolute Gasteiger partial charge is 0.500 e. The van der Waals surface area contributed by atoms with E-state index in [1.165, 1.54) is 0 Å². The second-order valence-electron chi connectivity index (χ2n) is 3.49. The molecule has 0 atom stereocenters. The number of hydrogen-bond donors (Lipinski definition) is 0. The maximum Gasteiger partial charge on any atom is 0.166 e. The molecule has 1 aromatic carbocycles. The van der Waals surface area contributed by atoms with Gasteiger partial charge in [0.25, 0.3) is 0 Å². The predicted octanol–water partition coefficient (Wildman–Crippen LogP) is 2.76. The Morgan fingerprint density at radius 2 is 2.07 bits per heavy atom. The molecule has 0 fully saturated rings. The second kappa shape index (κ2) is 4.49. The van der Waals surface area contributed by atoms with Crippen molar-refractivity contribution in [2.75, 3.05) is 6.61 Å². The average molecular weight is 223 g/mol. The molecule has 0 bridgehead atoms. The fraction of sp³-hybridized carbons (Fsp3) is 0.250. The molecule has 0 aromatic heterocycles. The number of hydrogen-bond acceptors (Lipinski definition) is 2. The second-order valence-corrected chi connectivity index (χ2v) is 3.93. The van der Waals surface area contributed by atoms with Gasteiger partial charge in [0.1, 0.15) is 0 Å².